The summed E-state index contributed by atoms with van der Waals surface area (Å²) in [6, 6.07) is 8.96. The van der Waals surface area contributed by atoms with Crippen LogP contribution in [0.3, 0.4) is 0 Å². The summed E-state index contributed by atoms with van der Waals surface area (Å²) in [7, 11) is 1.60. The third kappa shape index (κ3) is 2.28. The molecule has 0 radical (unpaired) electrons. The number of methoxy groups -OCH3 is 1. The lowest BCUT2D eigenvalue weighted by Gasteiger charge is -2.08. The van der Waals surface area contributed by atoms with Crippen molar-refractivity contribution in [2.75, 3.05) is 12.8 Å². The minimum atomic E-state index is 0.365. The van der Waals surface area contributed by atoms with Crippen LogP contribution in [0.15, 0.2) is 41.0 Å². The van der Waals surface area contributed by atoms with Crippen LogP contribution in [0.5, 0.6) is 11.5 Å². The molecule has 4 heteroatoms. The van der Waals surface area contributed by atoms with Gasteiger partial charge in [0.15, 0.2) is 0 Å². The minimum absolute atomic E-state index is 0.365. The van der Waals surface area contributed by atoms with E-state index in [-0.39, 0.29) is 0 Å². The Morgan fingerprint density at radius 1 is 1.31 bits per heavy atom. The van der Waals surface area contributed by atoms with Crippen molar-refractivity contribution in [3.63, 3.8) is 0 Å². The van der Waals surface area contributed by atoms with Crippen molar-refractivity contribution in [2.45, 2.75) is 6.61 Å². The Hall–Kier alpha value is -2.10. The van der Waals surface area contributed by atoms with E-state index in [1.807, 2.05) is 12.1 Å². The highest BCUT2D eigenvalue weighted by Crippen LogP contribution is 2.26. The number of rotatable bonds is 4. The normalized spacial score (nSPS) is 10.1. The lowest BCUT2D eigenvalue weighted by Crippen LogP contribution is -1.98. The van der Waals surface area contributed by atoms with Crippen LogP contribution >= 0.6 is 0 Å². The fourth-order valence-electron chi connectivity index (χ4n) is 1.33. The first-order valence-corrected chi connectivity index (χ1v) is 4.88. The van der Waals surface area contributed by atoms with E-state index in [0.29, 0.717) is 23.8 Å². The van der Waals surface area contributed by atoms with Gasteiger partial charge >= 0.3 is 0 Å². The molecule has 0 amide bonds. The summed E-state index contributed by atoms with van der Waals surface area (Å²) in [4.78, 5) is 0. The summed E-state index contributed by atoms with van der Waals surface area (Å²) < 4.78 is 15.7. The molecular weight excluding hydrogens is 206 g/mol. The average Bonchev–Trinajstić information content (AvgIpc) is 2.80. The molecule has 84 valence electrons. The third-order valence-corrected chi connectivity index (χ3v) is 2.17. The number of nitrogens with two attached hydrogens (primary N) is 1. The largest absolute Gasteiger partial charge is 0.497 e. The van der Waals surface area contributed by atoms with Gasteiger partial charge in [-0.05, 0) is 24.3 Å². The zero-order valence-corrected chi connectivity index (χ0v) is 8.97. The second-order valence-corrected chi connectivity index (χ2v) is 3.27. The monoisotopic (exact) mass is 219 g/mol. The average molecular weight is 219 g/mol. The number of ether oxygens (including phenoxy) is 2. The van der Waals surface area contributed by atoms with Crippen molar-refractivity contribution < 1.29 is 13.9 Å². The quantitative estimate of drug-likeness (QED) is 0.802. The van der Waals surface area contributed by atoms with Gasteiger partial charge < -0.3 is 19.6 Å². The van der Waals surface area contributed by atoms with Crippen molar-refractivity contribution in [2.24, 2.45) is 0 Å². The van der Waals surface area contributed by atoms with Gasteiger partial charge in [0.25, 0.3) is 0 Å². The molecule has 1 aromatic heterocycles. The first-order chi connectivity index (χ1) is 7.79. The highest BCUT2D eigenvalue weighted by molar-refractivity contribution is 5.56. The van der Waals surface area contributed by atoms with Crippen LogP contribution in [0.1, 0.15) is 5.76 Å². The molecule has 2 N–H and O–H groups in total. The zero-order valence-electron chi connectivity index (χ0n) is 8.97. The predicted molar refractivity (Wildman–Crippen MR) is 60.4 cm³/mol. The van der Waals surface area contributed by atoms with Crippen LogP contribution in [0, 0.1) is 0 Å². The van der Waals surface area contributed by atoms with Crippen molar-refractivity contribution >= 4 is 5.69 Å². The molecule has 2 rings (SSSR count). The number of hydrogen-bond acceptors (Lipinski definition) is 4. The Morgan fingerprint density at radius 2 is 2.19 bits per heavy atom. The lowest BCUT2D eigenvalue weighted by molar-refractivity contribution is 0.271. The van der Waals surface area contributed by atoms with Crippen molar-refractivity contribution in [3.05, 3.63) is 42.4 Å². The van der Waals surface area contributed by atoms with Crippen LogP contribution in [-0.4, -0.2) is 7.11 Å². The van der Waals surface area contributed by atoms with Crippen LogP contribution in [0.2, 0.25) is 0 Å². The Bertz CT molecular complexity index is 451. The second kappa shape index (κ2) is 4.61. The highest BCUT2D eigenvalue weighted by atomic mass is 16.5. The van der Waals surface area contributed by atoms with Gasteiger partial charge in [-0.15, -0.1) is 0 Å². The van der Waals surface area contributed by atoms with Crippen LogP contribution in [0.4, 0.5) is 5.69 Å². The Balaban J connectivity index is 2.04. The van der Waals surface area contributed by atoms with Crippen LogP contribution < -0.4 is 15.2 Å². The fraction of sp³-hybridized carbons (Fsp3) is 0.167. The molecule has 0 unspecified atom stereocenters. The van der Waals surface area contributed by atoms with Gasteiger partial charge in [0.1, 0.15) is 23.9 Å². The molecule has 0 bridgehead atoms. The van der Waals surface area contributed by atoms with Crippen molar-refractivity contribution in [3.8, 4) is 11.5 Å². The van der Waals surface area contributed by atoms with E-state index in [1.165, 1.54) is 0 Å². The maximum atomic E-state index is 5.80. The van der Waals surface area contributed by atoms with Gasteiger partial charge in [-0.3, -0.25) is 0 Å². The Kier molecular flexibility index (Phi) is 3.00. The van der Waals surface area contributed by atoms with Gasteiger partial charge in [0.05, 0.1) is 19.1 Å². The van der Waals surface area contributed by atoms with E-state index in [9.17, 15) is 0 Å². The third-order valence-electron chi connectivity index (χ3n) is 2.17. The molecule has 0 saturated carbocycles. The zero-order chi connectivity index (χ0) is 11.4. The lowest BCUT2D eigenvalue weighted by atomic mass is 10.3. The molecule has 0 aliphatic rings. The second-order valence-electron chi connectivity index (χ2n) is 3.27. The molecule has 0 fully saturated rings. The molecule has 2 aromatic rings. The van der Waals surface area contributed by atoms with E-state index in [4.69, 9.17) is 19.6 Å². The maximum absolute atomic E-state index is 5.80. The fourth-order valence-corrected chi connectivity index (χ4v) is 1.33. The number of anilines is 1. The number of hydrogen-bond donors (Lipinski definition) is 1. The van der Waals surface area contributed by atoms with E-state index in [1.54, 1.807) is 31.6 Å². The number of nitrogen functional groups attached to an aromatic ring is 1. The first-order valence-electron chi connectivity index (χ1n) is 4.88. The predicted octanol–water partition coefficient (Wildman–Crippen LogP) is 2.45. The van der Waals surface area contributed by atoms with Gasteiger partial charge in [-0.25, -0.2) is 0 Å². The Labute approximate surface area is 93.6 Å². The van der Waals surface area contributed by atoms with Gasteiger partial charge in [0.2, 0.25) is 0 Å². The van der Waals surface area contributed by atoms with E-state index in [0.717, 1.165) is 5.76 Å². The summed E-state index contributed by atoms with van der Waals surface area (Å²) in [6.45, 7) is 0.365. The molecule has 0 aliphatic heterocycles. The SMILES string of the molecule is COc1ccc(OCc2ccco2)c(N)c1. The maximum Gasteiger partial charge on any atom is 0.146 e. The van der Waals surface area contributed by atoms with E-state index >= 15 is 0 Å². The smallest absolute Gasteiger partial charge is 0.146 e. The molecule has 0 aliphatic carbocycles. The summed E-state index contributed by atoms with van der Waals surface area (Å²) in [5.74, 6) is 2.09. The number of furan rings is 1. The van der Waals surface area contributed by atoms with E-state index in [2.05, 4.69) is 0 Å². The molecule has 1 heterocycles. The summed E-state index contributed by atoms with van der Waals surface area (Å²) in [6.07, 6.45) is 1.61. The summed E-state index contributed by atoms with van der Waals surface area (Å²) >= 11 is 0. The standard InChI is InChI=1S/C12H13NO3/c1-14-9-4-5-12(11(13)7-9)16-8-10-3-2-6-15-10/h2-7H,8,13H2,1H3. The van der Waals surface area contributed by atoms with Gasteiger partial charge in [-0.2, -0.15) is 0 Å². The summed E-state index contributed by atoms with van der Waals surface area (Å²) in [5.41, 5.74) is 6.35. The molecule has 4 nitrogen and oxygen atoms in total. The van der Waals surface area contributed by atoms with Crippen LogP contribution in [0.25, 0.3) is 0 Å². The molecule has 0 saturated heterocycles. The summed E-state index contributed by atoms with van der Waals surface area (Å²) in [5, 5.41) is 0. The van der Waals surface area contributed by atoms with E-state index < -0.39 is 0 Å². The molecular formula is C12H13NO3. The van der Waals surface area contributed by atoms with Crippen molar-refractivity contribution in [1.82, 2.24) is 0 Å². The topological polar surface area (TPSA) is 57.6 Å². The highest BCUT2D eigenvalue weighted by Gasteiger charge is 2.03. The Morgan fingerprint density at radius 3 is 2.81 bits per heavy atom. The minimum Gasteiger partial charge on any atom is -0.497 e. The van der Waals surface area contributed by atoms with Gasteiger partial charge in [0, 0.05) is 6.07 Å². The molecule has 0 atom stereocenters. The molecule has 0 spiro atoms. The molecule has 1 aromatic carbocycles. The van der Waals surface area contributed by atoms with Crippen molar-refractivity contribution in [1.29, 1.82) is 0 Å². The van der Waals surface area contributed by atoms with Gasteiger partial charge in [-0.1, -0.05) is 0 Å². The molecule has 16 heavy (non-hydrogen) atoms. The van der Waals surface area contributed by atoms with Crippen LogP contribution in [-0.2, 0) is 6.61 Å². The number of benzene rings is 1. The first kappa shape index (κ1) is 10.4.